The minimum absolute atomic E-state index is 0.240. The lowest BCUT2D eigenvalue weighted by Gasteiger charge is -2.27. The van der Waals surface area contributed by atoms with Gasteiger partial charge in [0.25, 0.3) is 0 Å². The van der Waals surface area contributed by atoms with Crippen molar-refractivity contribution >= 4 is 0 Å². The van der Waals surface area contributed by atoms with Gasteiger partial charge in [-0.25, -0.2) is 0 Å². The van der Waals surface area contributed by atoms with Crippen molar-refractivity contribution in [1.82, 2.24) is 5.32 Å². The molecule has 0 aromatic carbocycles. The first-order valence-electron chi connectivity index (χ1n) is 4.80. The zero-order chi connectivity index (χ0) is 9.61. The SMILES string of the molecule is CC(CCNCCO)C(C)(C)C. The highest BCUT2D eigenvalue weighted by Gasteiger charge is 2.18. The monoisotopic (exact) mass is 173 g/mol. The molecule has 0 radical (unpaired) electrons. The second-order valence-corrected chi connectivity index (χ2v) is 4.53. The number of aliphatic hydroxyl groups is 1. The van der Waals surface area contributed by atoms with Gasteiger partial charge in [0.1, 0.15) is 0 Å². The molecule has 0 bridgehead atoms. The number of hydrogen-bond donors (Lipinski definition) is 2. The fraction of sp³-hybridized carbons (Fsp3) is 1.00. The van der Waals surface area contributed by atoms with E-state index in [1.807, 2.05) is 0 Å². The van der Waals surface area contributed by atoms with Crippen LogP contribution in [0.1, 0.15) is 34.1 Å². The normalized spacial score (nSPS) is 14.8. The molecule has 0 amide bonds. The van der Waals surface area contributed by atoms with Gasteiger partial charge in [0.2, 0.25) is 0 Å². The van der Waals surface area contributed by atoms with Crippen molar-refractivity contribution in [3.63, 3.8) is 0 Å². The van der Waals surface area contributed by atoms with Crippen LogP contribution in [0.15, 0.2) is 0 Å². The highest BCUT2D eigenvalue weighted by Crippen LogP contribution is 2.27. The molecule has 2 heteroatoms. The fourth-order valence-corrected chi connectivity index (χ4v) is 0.956. The van der Waals surface area contributed by atoms with Gasteiger partial charge in [-0.2, -0.15) is 0 Å². The Kier molecular flexibility index (Phi) is 5.51. The first-order valence-corrected chi connectivity index (χ1v) is 4.80. The maximum Gasteiger partial charge on any atom is 0.0555 e. The second-order valence-electron chi connectivity index (χ2n) is 4.53. The summed E-state index contributed by atoms with van der Waals surface area (Å²) in [5.41, 5.74) is 0.404. The molecule has 0 spiro atoms. The van der Waals surface area contributed by atoms with E-state index in [2.05, 4.69) is 33.0 Å². The number of nitrogens with one attached hydrogen (secondary N) is 1. The summed E-state index contributed by atoms with van der Waals surface area (Å²) < 4.78 is 0. The summed E-state index contributed by atoms with van der Waals surface area (Å²) in [7, 11) is 0. The number of hydrogen-bond acceptors (Lipinski definition) is 2. The predicted octanol–water partition coefficient (Wildman–Crippen LogP) is 1.64. The minimum Gasteiger partial charge on any atom is -0.395 e. The zero-order valence-corrected chi connectivity index (χ0v) is 8.85. The fourth-order valence-electron chi connectivity index (χ4n) is 0.956. The molecule has 1 atom stereocenters. The van der Waals surface area contributed by atoms with Gasteiger partial charge in [0, 0.05) is 6.54 Å². The van der Waals surface area contributed by atoms with Crippen LogP contribution in [0, 0.1) is 11.3 Å². The molecule has 2 nitrogen and oxygen atoms in total. The van der Waals surface area contributed by atoms with Gasteiger partial charge in [-0.3, -0.25) is 0 Å². The maximum atomic E-state index is 8.53. The first kappa shape index (κ1) is 11.9. The van der Waals surface area contributed by atoms with Gasteiger partial charge in [-0.1, -0.05) is 27.7 Å². The topological polar surface area (TPSA) is 32.3 Å². The van der Waals surface area contributed by atoms with E-state index in [9.17, 15) is 0 Å². The largest absolute Gasteiger partial charge is 0.395 e. The number of aliphatic hydroxyl groups excluding tert-OH is 1. The van der Waals surface area contributed by atoms with Crippen LogP contribution in [0.25, 0.3) is 0 Å². The molecule has 2 N–H and O–H groups in total. The summed E-state index contributed by atoms with van der Waals surface area (Å²) in [6.45, 7) is 11.1. The van der Waals surface area contributed by atoms with E-state index in [0.29, 0.717) is 5.41 Å². The summed E-state index contributed by atoms with van der Waals surface area (Å²) in [4.78, 5) is 0. The maximum absolute atomic E-state index is 8.53. The lowest BCUT2D eigenvalue weighted by atomic mass is 9.80. The van der Waals surface area contributed by atoms with E-state index < -0.39 is 0 Å². The Morgan fingerprint density at radius 2 is 1.83 bits per heavy atom. The molecule has 74 valence electrons. The minimum atomic E-state index is 0.240. The van der Waals surface area contributed by atoms with Gasteiger partial charge in [0.05, 0.1) is 6.61 Å². The predicted molar refractivity (Wildman–Crippen MR) is 53.2 cm³/mol. The van der Waals surface area contributed by atoms with Gasteiger partial charge >= 0.3 is 0 Å². The van der Waals surface area contributed by atoms with Gasteiger partial charge in [-0.05, 0) is 24.3 Å². The molecule has 0 fully saturated rings. The Morgan fingerprint density at radius 3 is 2.25 bits per heavy atom. The summed E-state index contributed by atoms with van der Waals surface area (Å²) in [5, 5.41) is 11.7. The van der Waals surface area contributed by atoms with Crippen LogP contribution >= 0.6 is 0 Å². The van der Waals surface area contributed by atoms with Crippen LogP contribution < -0.4 is 5.32 Å². The summed E-state index contributed by atoms with van der Waals surface area (Å²) in [6.07, 6.45) is 1.18. The Labute approximate surface area is 76.4 Å². The quantitative estimate of drug-likeness (QED) is 0.619. The molecule has 0 aromatic rings. The van der Waals surface area contributed by atoms with Crippen LogP contribution in [-0.2, 0) is 0 Å². The molecular weight excluding hydrogens is 150 g/mol. The summed E-state index contributed by atoms with van der Waals surface area (Å²) in [5.74, 6) is 0.726. The molecule has 0 rings (SSSR count). The van der Waals surface area contributed by atoms with Crippen molar-refractivity contribution in [1.29, 1.82) is 0 Å². The van der Waals surface area contributed by atoms with Crippen molar-refractivity contribution in [3.05, 3.63) is 0 Å². The molecule has 0 aromatic heterocycles. The third-order valence-corrected chi connectivity index (χ3v) is 2.52. The lowest BCUT2D eigenvalue weighted by molar-refractivity contribution is 0.240. The Bertz CT molecular complexity index is 107. The second kappa shape index (κ2) is 5.55. The molecule has 0 aliphatic heterocycles. The highest BCUT2D eigenvalue weighted by atomic mass is 16.3. The zero-order valence-electron chi connectivity index (χ0n) is 8.85. The number of rotatable bonds is 5. The van der Waals surface area contributed by atoms with Crippen molar-refractivity contribution in [3.8, 4) is 0 Å². The average molecular weight is 173 g/mol. The third kappa shape index (κ3) is 5.56. The van der Waals surface area contributed by atoms with E-state index in [4.69, 9.17) is 5.11 Å². The lowest BCUT2D eigenvalue weighted by Crippen LogP contribution is -2.25. The van der Waals surface area contributed by atoms with E-state index in [0.717, 1.165) is 19.0 Å². The van der Waals surface area contributed by atoms with Crippen LogP contribution in [0.5, 0.6) is 0 Å². The van der Waals surface area contributed by atoms with Crippen LogP contribution in [0.2, 0.25) is 0 Å². The first-order chi connectivity index (χ1) is 5.48. The molecule has 1 unspecified atom stereocenters. The van der Waals surface area contributed by atoms with E-state index in [1.165, 1.54) is 6.42 Å². The van der Waals surface area contributed by atoms with Crippen molar-refractivity contribution in [2.24, 2.45) is 11.3 Å². The molecule has 0 saturated heterocycles. The van der Waals surface area contributed by atoms with Crippen molar-refractivity contribution in [2.45, 2.75) is 34.1 Å². The third-order valence-electron chi connectivity index (χ3n) is 2.52. The molecule has 0 saturated carbocycles. The van der Waals surface area contributed by atoms with E-state index in [-0.39, 0.29) is 6.61 Å². The van der Waals surface area contributed by atoms with E-state index in [1.54, 1.807) is 0 Å². The van der Waals surface area contributed by atoms with Crippen LogP contribution in [-0.4, -0.2) is 24.8 Å². The van der Waals surface area contributed by atoms with Crippen molar-refractivity contribution in [2.75, 3.05) is 19.7 Å². The van der Waals surface area contributed by atoms with Gasteiger partial charge in [-0.15, -0.1) is 0 Å². The highest BCUT2D eigenvalue weighted by molar-refractivity contribution is 4.70. The molecular formula is C10H23NO. The standard InChI is InChI=1S/C10H23NO/c1-9(10(2,3)4)5-6-11-7-8-12/h9,11-12H,5-8H2,1-4H3. The Balaban J connectivity index is 3.38. The van der Waals surface area contributed by atoms with E-state index >= 15 is 0 Å². The van der Waals surface area contributed by atoms with Crippen molar-refractivity contribution < 1.29 is 5.11 Å². The van der Waals surface area contributed by atoms with Crippen LogP contribution in [0.3, 0.4) is 0 Å². The van der Waals surface area contributed by atoms with Gasteiger partial charge < -0.3 is 10.4 Å². The molecule has 12 heavy (non-hydrogen) atoms. The molecule has 0 heterocycles. The Morgan fingerprint density at radius 1 is 1.25 bits per heavy atom. The molecule has 0 aliphatic carbocycles. The molecule has 0 aliphatic rings. The summed E-state index contributed by atoms with van der Waals surface area (Å²) in [6, 6.07) is 0. The smallest absolute Gasteiger partial charge is 0.0555 e. The average Bonchev–Trinajstić information content (AvgIpc) is 1.96. The van der Waals surface area contributed by atoms with Crippen LogP contribution in [0.4, 0.5) is 0 Å². The summed E-state index contributed by atoms with van der Waals surface area (Å²) >= 11 is 0. The Hall–Kier alpha value is -0.0800. The van der Waals surface area contributed by atoms with Gasteiger partial charge in [0.15, 0.2) is 0 Å².